The van der Waals surface area contributed by atoms with Crippen LogP contribution in [0.3, 0.4) is 0 Å². The first-order chi connectivity index (χ1) is 14.3. The molecule has 30 heavy (non-hydrogen) atoms. The quantitative estimate of drug-likeness (QED) is 0.618. The predicted octanol–water partition coefficient (Wildman–Crippen LogP) is 0.393. The molecule has 4 rings (SSSR count). The molecule has 1 atom stereocenters. The summed E-state index contributed by atoms with van der Waals surface area (Å²) in [6.07, 6.45) is 1.32. The number of rotatable bonds is 4. The molecule has 1 aromatic carbocycles. The van der Waals surface area contributed by atoms with Crippen molar-refractivity contribution in [1.82, 2.24) is 29.1 Å². The second-order valence-electron chi connectivity index (χ2n) is 6.76. The molecular formula is C18H17ClN6O4S. The van der Waals surface area contributed by atoms with Crippen LogP contribution >= 0.6 is 23.4 Å². The minimum Gasteiger partial charge on any atom is -0.315 e. The molecule has 12 heteroatoms. The summed E-state index contributed by atoms with van der Waals surface area (Å²) in [7, 11) is 2.86. The van der Waals surface area contributed by atoms with E-state index in [1.54, 1.807) is 24.3 Å². The Hall–Kier alpha value is -3.05. The van der Waals surface area contributed by atoms with Gasteiger partial charge in [-0.1, -0.05) is 23.7 Å². The van der Waals surface area contributed by atoms with Crippen molar-refractivity contribution in [3.63, 3.8) is 0 Å². The lowest BCUT2D eigenvalue weighted by molar-refractivity contribution is -0.139. The van der Waals surface area contributed by atoms with Crippen LogP contribution in [-0.2, 0) is 30.2 Å². The molecule has 1 N–H and O–H groups in total. The molecule has 1 aliphatic rings. The van der Waals surface area contributed by atoms with Gasteiger partial charge in [0.1, 0.15) is 11.9 Å². The summed E-state index contributed by atoms with van der Waals surface area (Å²) in [5.74, 6) is -0.508. The van der Waals surface area contributed by atoms with E-state index in [1.165, 1.54) is 46.3 Å². The van der Waals surface area contributed by atoms with Crippen molar-refractivity contribution < 1.29 is 9.59 Å². The fourth-order valence-corrected chi connectivity index (χ4v) is 4.49. The van der Waals surface area contributed by atoms with Gasteiger partial charge in [0.25, 0.3) is 17.4 Å². The van der Waals surface area contributed by atoms with Crippen molar-refractivity contribution in [2.75, 3.05) is 5.75 Å². The van der Waals surface area contributed by atoms with Crippen molar-refractivity contribution in [3.8, 4) is 0 Å². The zero-order chi connectivity index (χ0) is 21.6. The van der Waals surface area contributed by atoms with E-state index in [9.17, 15) is 19.2 Å². The molecule has 0 radical (unpaired) electrons. The molecule has 2 aromatic heterocycles. The summed E-state index contributed by atoms with van der Waals surface area (Å²) in [6, 6.07) is 7.03. The highest BCUT2D eigenvalue weighted by atomic mass is 35.5. The number of hydrogen-bond donors (Lipinski definition) is 1. The van der Waals surface area contributed by atoms with Crippen LogP contribution in [0.1, 0.15) is 10.9 Å². The number of carbonyl (C=O) groups is 2. The number of amides is 2. The number of hydrazine groups is 1. The predicted molar refractivity (Wildman–Crippen MR) is 112 cm³/mol. The number of aromatic nitrogens is 4. The Morgan fingerprint density at radius 1 is 1.20 bits per heavy atom. The third-order valence-corrected chi connectivity index (χ3v) is 6.26. The number of thioether (sulfide) groups is 1. The number of carbonyl (C=O) groups excluding carboxylic acids is 2. The lowest BCUT2D eigenvalue weighted by Gasteiger charge is -2.24. The Balaban J connectivity index is 1.59. The van der Waals surface area contributed by atoms with Crippen LogP contribution in [0.25, 0.3) is 11.2 Å². The summed E-state index contributed by atoms with van der Waals surface area (Å²) in [4.78, 5) is 53.6. The summed E-state index contributed by atoms with van der Waals surface area (Å²) >= 11 is 7.31. The Labute approximate surface area is 179 Å². The van der Waals surface area contributed by atoms with Crippen molar-refractivity contribution in [2.45, 2.75) is 11.9 Å². The standard InChI is InChI=1S/C18H17ClN6O4S/c1-22-15-14(16(28)23(2)18(22)29)24(9-20-15)7-12(26)21-25-13(27)8-30-17(25)10-3-5-11(19)6-4-10/h3-6,9,17H,7-8H2,1-2H3,(H,21,26). The van der Waals surface area contributed by atoms with E-state index in [0.717, 1.165) is 10.1 Å². The highest BCUT2D eigenvalue weighted by molar-refractivity contribution is 8.00. The maximum absolute atomic E-state index is 12.7. The average molecular weight is 449 g/mol. The van der Waals surface area contributed by atoms with Crippen molar-refractivity contribution in [1.29, 1.82) is 0 Å². The SMILES string of the molecule is Cn1c(=O)c2c(ncn2CC(=O)NN2C(=O)CSC2c2ccc(Cl)cc2)n(C)c1=O. The first-order valence-electron chi connectivity index (χ1n) is 8.87. The van der Waals surface area contributed by atoms with Gasteiger partial charge in [0.2, 0.25) is 0 Å². The topological polar surface area (TPSA) is 111 Å². The molecule has 1 saturated heterocycles. The van der Waals surface area contributed by atoms with E-state index in [1.807, 2.05) is 0 Å². The van der Waals surface area contributed by atoms with Crippen molar-refractivity contribution in [3.05, 3.63) is 62.0 Å². The lowest BCUT2D eigenvalue weighted by Crippen LogP contribution is -2.46. The molecule has 3 heterocycles. The van der Waals surface area contributed by atoms with Gasteiger partial charge in [0.05, 0.1) is 12.1 Å². The maximum atomic E-state index is 12.7. The first-order valence-corrected chi connectivity index (χ1v) is 10.3. The van der Waals surface area contributed by atoms with Crippen molar-refractivity contribution in [2.24, 2.45) is 14.1 Å². The van der Waals surface area contributed by atoms with Gasteiger partial charge in [-0.15, -0.1) is 11.8 Å². The molecule has 1 fully saturated rings. The molecular weight excluding hydrogens is 432 g/mol. The Bertz CT molecular complexity index is 1280. The van der Waals surface area contributed by atoms with Crippen LogP contribution < -0.4 is 16.7 Å². The molecule has 0 saturated carbocycles. The zero-order valence-corrected chi connectivity index (χ0v) is 17.6. The third-order valence-electron chi connectivity index (χ3n) is 4.80. The lowest BCUT2D eigenvalue weighted by atomic mass is 10.2. The molecule has 0 aliphatic carbocycles. The van der Waals surface area contributed by atoms with E-state index >= 15 is 0 Å². The van der Waals surface area contributed by atoms with Gasteiger partial charge in [0, 0.05) is 19.1 Å². The molecule has 1 unspecified atom stereocenters. The maximum Gasteiger partial charge on any atom is 0.332 e. The largest absolute Gasteiger partial charge is 0.332 e. The number of nitrogens with zero attached hydrogens (tertiary/aromatic N) is 5. The zero-order valence-electron chi connectivity index (χ0n) is 16.0. The summed E-state index contributed by atoms with van der Waals surface area (Å²) < 4.78 is 3.55. The molecule has 10 nitrogen and oxygen atoms in total. The van der Waals surface area contributed by atoms with Crippen LogP contribution in [0.5, 0.6) is 0 Å². The second kappa shape index (κ2) is 7.65. The molecule has 0 bridgehead atoms. The highest BCUT2D eigenvalue weighted by Gasteiger charge is 2.34. The van der Waals surface area contributed by atoms with Gasteiger partial charge in [0.15, 0.2) is 11.2 Å². The fraction of sp³-hybridized carbons (Fsp3) is 0.278. The minimum atomic E-state index is -0.551. The van der Waals surface area contributed by atoms with Crippen LogP contribution in [0.4, 0.5) is 0 Å². The van der Waals surface area contributed by atoms with Gasteiger partial charge in [-0.2, -0.15) is 0 Å². The van der Waals surface area contributed by atoms with Gasteiger partial charge < -0.3 is 4.57 Å². The van der Waals surface area contributed by atoms with Gasteiger partial charge in [-0.3, -0.25) is 28.9 Å². The number of fused-ring (bicyclic) bond motifs is 1. The monoisotopic (exact) mass is 448 g/mol. The highest BCUT2D eigenvalue weighted by Crippen LogP contribution is 2.37. The number of nitrogens with one attached hydrogen (secondary N) is 1. The van der Waals surface area contributed by atoms with E-state index in [-0.39, 0.29) is 34.7 Å². The number of imidazole rings is 1. The van der Waals surface area contributed by atoms with Crippen LogP contribution in [-0.4, -0.2) is 41.3 Å². The summed E-state index contributed by atoms with van der Waals surface area (Å²) in [5, 5.41) is 1.47. The Kier molecular flexibility index (Phi) is 5.16. The normalized spacial score (nSPS) is 16.4. The molecule has 3 aromatic rings. The van der Waals surface area contributed by atoms with Gasteiger partial charge >= 0.3 is 5.69 Å². The van der Waals surface area contributed by atoms with E-state index in [0.29, 0.717) is 5.02 Å². The second-order valence-corrected chi connectivity index (χ2v) is 8.27. The van der Waals surface area contributed by atoms with Gasteiger partial charge in [-0.25, -0.2) is 14.8 Å². The molecule has 2 amide bonds. The summed E-state index contributed by atoms with van der Waals surface area (Å²) in [5.41, 5.74) is 2.70. The van der Waals surface area contributed by atoms with Crippen molar-refractivity contribution >= 4 is 46.3 Å². The summed E-state index contributed by atoms with van der Waals surface area (Å²) in [6.45, 7) is -0.244. The van der Waals surface area contributed by atoms with Crippen LogP contribution in [0.15, 0.2) is 40.2 Å². The number of aryl methyl sites for hydroxylation is 1. The Morgan fingerprint density at radius 2 is 1.90 bits per heavy atom. The fourth-order valence-electron chi connectivity index (χ4n) is 3.26. The molecule has 156 valence electrons. The average Bonchev–Trinajstić information content (AvgIpc) is 3.29. The van der Waals surface area contributed by atoms with Crippen LogP contribution in [0.2, 0.25) is 5.02 Å². The Morgan fingerprint density at radius 3 is 2.60 bits per heavy atom. The molecule has 0 spiro atoms. The van der Waals surface area contributed by atoms with Gasteiger partial charge in [-0.05, 0) is 17.7 Å². The van der Waals surface area contributed by atoms with E-state index in [2.05, 4.69) is 10.4 Å². The number of benzene rings is 1. The van der Waals surface area contributed by atoms with E-state index < -0.39 is 17.2 Å². The smallest absolute Gasteiger partial charge is 0.315 e. The van der Waals surface area contributed by atoms with Crippen LogP contribution in [0, 0.1) is 0 Å². The number of hydrogen-bond acceptors (Lipinski definition) is 6. The third kappa shape index (κ3) is 3.39. The minimum absolute atomic E-state index is 0.131. The van der Waals surface area contributed by atoms with E-state index in [4.69, 9.17) is 11.6 Å². The number of halogens is 1. The molecule has 1 aliphatic heterocycles. The first kappa shape index (κ1) is 20.2.